The zero-order chi connectivity index (χ0) is 15.7. The number of hydrogen-bond donors (Lipinski definition) is 0. The summed E-state index contributed by atoms with van der Waals surface area (Å²) in [7, 11) is 0. The molecule has 0 N–H and O–H groups in total. The van der Waals surface area contributed by atoms with Crippen LogP contribution in [0.15, 0.2) is 4.42 Å². The number of hydrogen-bond acceptors (Lipinski definition) is 6. The van der Waals surface area contributed by atoms with Crippen LogP contribution < -0.4 is 4.90 Å². The SMILES string of the molecule is CCCC(=O)c1oc2c(N3CCOCC3)nc(Cl)nc2c1C. The lowest BCUT2D eigenvalue weighted by atomic mass is 10.1. The third-order valence-electron chi connectivity index (χ3n) is 3.76. The van der Waals surface area contributed by atoms with Crippen molar-refractivity contribution in [1.82, 2.24) is 9.97 Å². The first-order valence-corrected chi connectivity index (χ1v) is 7.82. The molecule has 3 heterocycles. The molecule has 0 saturated carbocycles. The molecule has 118 valence electrons. The Morgan fingerprint density at radius 2 is 2.05 bits per heavy atom. The fourth-order valence-electron chi connectivity index (χ4n) is 2.64. The predicted octanol–water partition coefficient (Wildman–Crippen LogP) is 3.00. The number of furan rings is 1. The fraction of sp³-hybridized carbons (Fsp3) is 0.533. The van der Waals surface area contributed by atoms with Gasteiger partial charge in [0.15, 0.2) is 22.9 Å². The van der Waals surface area contributed by atoms with E-state index in [0.717, 1.165) is 12.0 Å². The Morgan fingerprint density at radius 3 is 2.73 bits per heavy atom. The van der Waals surface area contributed by atoms with E-state index in [0.29, 0.717) is 55.4 Å². The number of morpholine rings is 1. The van der Waals surface area contributed by atoms with E-state index in [9.17, 15) is 4.79 Å². The Morgan fingerprint density at radius 1 is 1.32 bits per heavy atom. The van der Waals surface area contributed by atoms with Crippen LogP contribution in [0.4, 0.5) is 5.82 Å². The van der Waals surface area contributed by atoms with E-state index in [1.807, 2.05) is 13.8 Å². The number of aryl methyl sites for hydroxylation is 1. The van der Waals surface area contributed by atoms with Crippen LogP contribution in [-0.4, -0.2) is 42.1 Å². The average molecular weight is 324 g/mol. The number of nitrogens with zero attached hydrogens (tertiary/aromatic N) is 3. The number of anilines is 1. The van der Waals surface area contributed by atoms with Gasteiger partial charge in [-0.1, -0.05) is 6.92 Å². The van der Waals surface area contributed by atoms with Crippen LogP contribution in [0.25, 0.3) is 11.1 Å². The van der Waals surface area contributed by atoms with E-state index in [1.54, 1.807) is 0 Å². The highest BCUT2D eigenvalue weighted by molar-refractivity contribution is 6.28. The first kappa shape index (κ1) is 15.2. The zero-order valence-corrected chi connectivity index (χ0v) is 13.4. The molecule has 6 nitrogen and oxygen atoms in total. The number of aromatic nitrogens is 2. The van der Waals surface area contributed by atoms with E-state index >= 15 is 0 Å². The molecule has 0 aliphatic carbocycles. The van der Waals surface area contributed by atoms with Crippen LogP contribution in [0.2, 0.25) is 5.28 Å². The number of ketones is 1. The number of carbonyl (C=O) groups is 1. The number of carbonyl (C=O) groups excluding carboxylic acids is 1. The summed E-state index contributed by atoms with van der Waals surface area (Å²) < 4.78 is 11.2. The van der Waals surface area contributed by atoms with Crippen molar-refractivity contribution in [3.8, 4) is 0 Å². The largest absolute Gasteiger partial charge is 0.447 e. The summed E-state index contributed by atoms with van der Waals surface area (Å²) in [6, 6.07) is 0. The molecule has 0 bridgehead atoms. The summed E-state index contributed by atoms with van der Waals surface area (Å²) in [5, 5.41) is 0.160. The summed E-state index contributed by atoms with van der Waals surface area (Å²) in [4.78, 5) is 22.8. The minimum atomic E-state index is -0.0120. The van der Waals surface area contributed by atoms with Gasteiger partial charge in [0.2, 0.25) is 5.28 Å². The highest BCUT2D eigenvalue weighted by Gasteiger charge is 2.25. The van der Waals surface area contributed by atoms with Gasteiger partial charge in [-0.3, -0.25) is 4.79 Å². The second kappa shape index (κ2) is 6.22. The van der Waals surface area contributed by atoms with Crippen molar-refractivity contribution in [2.45, 2.75) is 26.7 Å². The van der Waals surface area contributed by atoms with Crippen LogP contribution in [0.3, 0.4) is 0 Å². The topological polar surface area (TPSA) is 68.5 Å². The van der Waals surface area contributed by atoms with Crippen molar-refractivity contribution in [2.24, 2.45) is 0 Å². The summed E-state index contributed by atoms with van der Waals surface area (Å²) in [5.74, 6) is 0.988. The zero-order valence-electron chi connectivity index (χ0n) is 12.7. The summed E-state index contributed by atoms with van der Waals surface area (Å²) in [5.41, 5.74) is 1.87. The smallest absolute Gasteiger partial charge is 0.225 e. The molecule has 0 atom stereocenters. The minimum Gasteiger partial charge on any atom is -0.447 e. The molecule has 2 aromatic rings. The van der Waals surface area contributed by atoms with Gasteiger partial charge in [0.1, 0.15) is 5.52 Å². The molecule has 0 radical (unpaired) electrons. The third-order valence-corrected chi connectivity index (χ3v) is 3.93. The summed E-state index contributed by atoms with van der Waals surface area (Å²) in [6.45, 7) is 6.47. The molecule has 0 aromatic carbocycles. The van der Waals surface area contributed by atoms with Gasteiger partial charge in [0, 0.05) is 25.1 Å². The lowest BCUT2D eigenvalue weighted by molar-refractivity contribution is 0.0956. The molecule has 1 fully saturated rings. The van der Waals surface area contributed by atoms with Gasteiger partial charge in [-0.2, -0.15) is 4.98 Å². The molecular formula is C15H18ClN3O3. The Balaban J connectivity index is 2.12. The molecule has 3 rings (SSSR count). The summed E-state index contributed by atoms with van der Waals surface area (Å²) in [6.07, 6.45) is 1.23. The molecular weight excluding hydrogens is 306 g/mol. The second-order valence-electron chi connectivity index (χ2n) is 5.32. The number of fused-ring (bicyclic) bond motifs is 1. The first-order chi connectivity index (χ1) is 10.6. The van der Waals surface area contributed by atoms with Crippen molar-refractivity contribution in [3.05, 3.63) is 16.6 Å². The van der Waals surface area contributed by atoms with Crippen LogP contribution in [0.1, 0.15) is 35.9 Å². The summed E-state index contributed by atoms with van der Waals surface area (Å²) >= 11 is 6.06. The van der Waals surface area contributed by atoms with Crippen LogP contribution in [-0.2, 0) is 4.74 Å². The molecule has 1 saturated heterocycles. The predicted molar refractivity (Wildman–Crippen MR) is 83.8 cm³/mol. The first-order valence-electron chi connectivity index (χ1n) is 7.44. The molecule has 2 aromatic heterocycles. The van der Waals surface area contributed by atoms with Crippen LogP contribution in [0, 0.1) is 6.92 Å². The minimum absolute atomic E-state index is 0.0120. The van der Waals surface area contributed by atoms with Gasteiger partial charge in [-0.15, -0.1) is 0 Å². The fourth-order valence-corrected chi connectivity index (χ4v) is 2.81. The van der Waals surface area contributed by atoms with E-state index < -0.39 is 0 Å². The number of ether oxygens (including phenoxy) is 1. The van der Waals surface area contributed by atoms with Gasteiger partial charge in [-0.25, -0.2) is 4.98 Å². The van der Waals surface area contributed by atoms with E-state index in [2.05, 4.69) is 14.9 Å². The van der Waals surface area contributed by atoms with E-state index in [-0.39, 0.29) is 11.1 Å². The van der Waals surface area contributed by atoms with E-state index in [1.165, 1.54) is 0 Å². The molecule has 7 heteroatoms. The second-order valence-corrected chi connectivity index (χ2v) is 5.66. The maximum Gasteiger partial charge on any atom is 0.225 e. The van der Waals surface area contributed by atoms with Crippen molar-refractivity contribution < 1.29 is 13.9 Å². The number of rotatable bonds is 4. The van der Waals surface area contributed by atoms with Crippen LogP contribution in [0.5, 0.6) is 0 Å². The van der Waals surface area contributed by atoms with Crippen molar-refractivity contribution >= 4 is 34.3 Å². The quantitative estimate of drug-likeness (QED) is 0.636. The normalized spacial score (nSPS) is 15.5. The Kier molecular flexibility index (Phi) is 4.31. The van der Waals surface area contributed by atoms with Crippen molar-refractivity contribution in [1.29, 1.82) is 0 Å². The van der Waals surface area contributed by atoms with Gasteiger partial charge in [0.05, 0.1) is 13.2 Å². The maximum atomic E-state index is 12.2. The lowest BCUT2D eigenvalue weighted by Gasteiger charge is -2.27. The van der Waals surface area contributed by atoms with E-state index in [4.69, 9.17) is 20.8 Å². The average Bonchev–Trinajstić information content (AvgIpc) is 2.85. The lowest BCUT2D eigenvalue weighted by Crippen LogP contribution is -2.36. The molecule has 0 unspecified atom stereocenters. The van der Waals surface area contributed by atoms with Gasteiger partial charge in [-0.05, 0) is 24.9 Å². The highest BCUT2D eigenvalue weighted by Crippen LogP contribution is 2.32. The number of halogens is 1. The van der Waals surface area contributed by atoms with Gasteiger partial charge in [0.25, 0.3) is 0 Å². The van der Waals surface area contributed by atoms with Crippen molar-refractivity contribution in [2.75, 3.05) is 31.2 Å². The molecule has 1 aliphatic heterocycles. The third kappa shape index (κ3) is 2.68. The molecule has 1 aliphatic rings. The van der Waals surface area contributed by atoms with Crippen molar-refractivity contribution in [3.63, 3.8) is 0 Å². The Bertz CT molecular complexity index is 708. The maximum absolute atomic E-state index is 12.2. The van der Waals surface area contributed by atoms with Crippen LogP contribution >= 0.6 is 11.6 Å². The highest BCUT2D eigenvalue weighted by atomic mass is 35.5. The monoisotopic (exact) mass is 323 g/mol. The van der Waals surface area contributed by atoms with Gasteiger partial charge >= 0.3 is 0 Å². The molecule has 0 spiro atoms. The molecule has 22 heavy (non-hydrogen) atoms. The number of Topliss-reactive ketones (excluding diaryl/α,β-unsaturated/α-hetero) is 1. The van der Waals surface area contributed by atoms with Gasteiger partial charge < -0.3 is 14.1 Å². The standard InChI is InChI=1S/C15H18ClN3O3/c1-3-4-10(20)12-9(2)11-13(22-12)14(18-15(16)17-11)19-5-7-21-8-6-19/h3-8H2,1-2H3. The molecule has 0 amide bonds. The Labute approximate surface area is 133 Å². The Hall–Kier alpha value is -1.66.